The molecule has 0 saturated carbocycles. The summed E-state index contributed by atoms with van der Waals surface area (Å²) in [5.41, 5.74) is 1.27. The van der Waals surface area contributed by atoms with Crippen LogP contribution in [0.2, 0.25) is 0 Å². The minimum atomic E-state index is 0.369. The maximum absolute atomic E-state index is 4.73. The van der Waals surface area contributed by atoms with Crippen LogP contribution in [0.25, 0.3) is 0 Å². The third-order valence-electron chi connectivity index (χ3n) is 4.53. The molecule has 1 fully saturated rings. The smallest absolute Gasteiger partial charge is 0.133 e. The largest absolute Gasteiger partial charge is 0.356 e. The van der Waals surface area contributed by atoms with Crippen molar-refractivity contribution >= 4 is 5.82 Å². The Kier molecular flexibility index (Phi) is 5.41. The van der Waals surface area contributed by atoms with Crippen molar-refractivity contribution in [3.63, 3.8) is 0 Å². The number of pyridine rings is 1. The molecule has 5 nitrogen and oxygen atoms in total. The molecule has 128 valence electrons. The Hall–Kier alpha value is -2.01. The first-order valence-corrected chi connectivity index (χ1v) is 8.77. The van der Waals surface area contributed by atoms with Crippen LogP contribution in [-0.2, 0) is 6.54 Å². The van der Waals surface area contributed by atoms with Crippen molar-refractivity contribution in [2.45, 2.75) is 32.7 Å². The summed E-state index contributed by atoms with van der Waals surface area (Å²) in [5, 5.41) is 0. The molecule has 0 spiro atoms. The minimum absolute atomic E-state index is 0.369. The number of hydrogen-bond donors (Lipinski definition) is 0. The molecule has 3 heterocycles. The summed E-state index contributed by atoms with van der Waals surface area (Å²) >= 11 is 0. The molecule has 2 aromatic rings. The third-order valence-corrected chi connectivity index (χ3v) is 4.53. The van der Waals surface area contributed by atoms with Gasteiger partial charge in [-0.15, -0.1) is 0 Å². The molecule has 1 saturated heterocycles. The SMILES string of the molecule is CC(C)c1nccc(N2CC[C@H](CN(C)Cc3cccnc3)C2)n1. The van der Waals surface area contributed by atoms with Gasteiger partial charge in [0, 0.05) is 50.7 Å². The van der Waals surface area contributed by atoms with Gasteiger partial charge in [0.15, 0.2) is 0 Å². The first-order chi connectivity index (χ1) is 11.6. The summed E-state index contributed by atoms with van der Waals surface area (Å²) in [6.07, 6.45) is 6.88. The Labute approximate surface area is 144 Å². The van der Waals surface area contributed by atoms with Crippen molar-refractivity contribution in [1.29, 1.82) is 0 Å². The summed E-state index contributed by atoms with van der Waals surface area (Å²) < 4.78 is 0. The molecule has 1 aliphatic heterocycles. The van der Waals surface area contributed by atoms with E-state index < -0.39 is 0 Å². The molecule has 5 heteroatoms. The van der Waals surface area contributed by atoms with Crippen LogP contribution in [0.5, 0.6) is 0 Å². The molecule has 3 rings (SSSR count). The Morgan fingerprint density at radius 3 is 2.92 bits per heavy atom. The maximum Gasteiger partial charge on any atom is 0.133 e. The Morgan fingerprint density at radius 2 is 2.17 bits per heavy atom. The molecule has 0 amide bonds. The van der Waals surface area contributed by atoms with Crippen molar-refractivity contribution < 1.29 is 0 Å². The van der Waals surface area contributed by atoms with Gasteiger partial charge in [-0.05, 0) is 37.1 Å². The van der Waals surface area contributed by atoms with E-state index in [0.717, 1.165) is 37.8 Å². The van der Waals surface area contributed by atoms with Crippen LogP contribution in [0.4, 0.5) is 5.82 Å². The zero-order chi connectivity index (χ0) is 16.9. The fourth-order valence-corrected chi connectivity index (χ4v) is 3.32. The second-order valence-corrected chi connectivity index (χ2v) is 7.09. The van der Waals surface area contributed by atoms with Crippen molar-refractivity contribution in [1.82, 2.24) is 19.9 Å². The molecular weight excluding hydrogens is 298 g/mol. The Bertz CT molecular complexity index is 643. The average molecular weight is 325 g/mol. The monoisotopic (exact) mass is 325 g/mol. The van der Waals surface area contributed by atoms with Crippen LogP contribution < -0.4 is 4.90 Å². The predicted octanol–water partition coefficient (Wildman–Crippen LogP) is 2.95. The van der Waals surface area contributed by atoms with E-state index in [1.54, 1.807) is 0 Å². The molecule has 0 aromatic carbocycles. The lowest BCUT2D eigenvalue weighted by Crippen LogP contribution is -2.28. The number of anilines is 1. The van der Waals surface area contributed by atoms with Gasteiger partial charge in [-0.2, -0.15) is 0 Å². The van der Waals surface area contributed by atoms with E-state index in [4.69, 9.17) is 4.98 Å². The molecule has 0 bridgehead atoms. The standard InChI is InChI=1S/C19H27N5/c1-15(2)19-21-9-6-18(22-19)24-10-7-17(14-24)13-23(3)12-16-5-4-8-20-11-16/h4-6,8-9,11,15,17H,7,10,12-14H2,1-3H3/t17-/m1/s1. The molecule has 1 atom stereocenters. The Balaban J connectivity index is 1.54. The van der Waals surface area contributed by atoms with E-state index in [9.17, 15) is 0 Å². The van der Waals surface area contributed by atoms with E-state index in [-0.39, 0.29) is 0 Å². The number of nitrogens with zero attached hydrogens (tertiary/aromatic N) is 5. The molecule has 0 aliphatic carbocycles. The van der Waals surface area contributed by atoms with E-state index in [0.29, 0.717) is 11.8 Å². The first kappa shape index (κ1) is 16.8. The molecule has 0 N–H and O–H groups in total. The van der Waals surface area contributed by atoms with E-state index in [1.165, 1.54) is 12.0 Å². The summed E-state index contributed by atoms with van der Waals surface area (Å²) in [5.74, 6) is 3.06. The summed E-state index contributed by atoms with van der Waals surface area (Å²) in [4.78, 5) is 18.1. The van der Waals surface area contributed by atoms with Gasteiger partial charge in [0.05, 0.1) is 0 Å². The third kappa shape index (κ3) is 4.29. The van der Waals surface area contributed by atoms with Gasteiger partial charge < -0.3 is 9.80 Å². The molecule has 2 aromatic heterocycles. The van der Waals surface area contributed by atoms with Crippen molar-refractivity contribution in [2.24, 2.45) is 5.92 Å². The molecular formula is C19H27N5. The van der Waals surface area contributed by atoms with Crippen molar-refractivity contribution in [3.8, 4) is 0 Å². The summed E-state index contributed by atoms with van der Waals surface area (Å²) in [6.45, 7) is 8.49. The second kappa shape index (κ2) is 7.71. The topological polar surface area (TPSA) is 45.2 Å². The lowest BCUT2D eigenvalue weighted by atomic mass is 10.1. The zero-order valence-corrected chi connectivity index (χ0v) is 14.9. The normalized spacial score (nSPS) is 17.9. The highest BCUT2D eigenvalue weighted by Crippen LogP contribution is 2.24. The Morgan fingerprint density at radius 1 is 1.29 bits per heavy atom. The second-order valence-electron chi connectivity index (χ2n) is 7.09. The lowest BCUT2D eigenvalue weighted by molar-refractivity contribution is 0.279. The van der Waals surface area contributed by atoms with Crippen molar-refractivity contribution in [3.05, 3.63) is 48.2 Å². The van der Waals surface area contributed by atoms with Crippen LogP contribution in [0, 0.1) is 5.92 Å². The number of rotatable bonds is 6. The average Bonchev–Trinajstić information content (AvgIpc) is 3.04. The van der Waals surface area contributed by atoms with Crippen LogP contribution in [0.15, 0.2) is 36.8 Å². The lowest BCUT2D eigenvalue weighted by Gasteiger charge is -2.22. The molecule has 1 aliphatic rings. The fourth-order valence-electron chi connectivity index (χ4n) is 3.32. The van der Waals surface area contributed by atoms with Crippen molar-refractivity contribution in [2.75, 3.05) is 31.6 Å². The minimum Gasteiger partial charge on any atom is -0.356 e. The fraction of sp³-hybridized carbons (Fsp3) is 0.526. The highest BCUT2D eigenvalue weighted by molar-refractivity contribution is 5.39. The predicted molar refractivity (Wildman–Crippen MR) is 97.0 cm³/mol. The van der Waals surface area contributed by atoms with E-state index in [2.05, 4.69) is 46.7 Å². The quantitative estimate of drug-likeness (QED) is 0.817. The van der Waals surface area contributed by atoms with Gasteiger partial charge in [0.25, 0.3) is 0 Å². The highest BCUT2D eigenvalue weighted by atomic mass is 15.2. The number of aromatic nitrogens is 3. The summed E-state index contributed by atoms with van der Waals surface area (Å²) in [6, 6.07) is 6.17. The van der Waals surface area contributed by atoms with Gasteiger partial charge >= 0.3 is 0 Å². The maximum atomic E-state index is 4.73. The highest BCUT2D eigenvalue weighted by Gasteiger charge is 2.25. The number of hydrogen-bond acceptors (Lipinski definition) is 5. The van der Waals surface area contributed by atoms with Gasteiger partial charge in [-0.25, -0.2) is 9.97 Å². The van der Waals surface area contributed by atoms with Gasteiger partial charge in [0.2, 0.25) is 0 Å². The van der Waals surface area contributed by atoms with E-state index in [1.807, 2.05) is 30.7 Å². The molecule has 0 unspecified atom stereocenters. The van der Waals surface area contributed by atoms with Crippen LogP contribution >= 0.6 is 0 Å². The van der Waals surface area contributed by atoms with Crippen LogP contribution in [-0.4, -0.2) is 46.5 Å². The molecule has 0 radical (unpaired) electrons. The van der Waals surface area contributed by atoms with Gasteiger partial charge in [-0.3, -0.25) is 4.98 Å². The zero-order valence-electron chi connectivity index (χ0n) is 14.9. The van der Waals surface area contributed by atoms with Gasteiger partial charge in [0.1, 0.15) is 11.6 Å². The summed E-state index contributed by atoms with van der Waals surface area (Å²) in [7, 11) is 2.19. The van der Waals surface area contributed by atoms with Crippen LogP contribution in [0.1, 0.15) is 37.6 Å². The van der Waals surface area contributed by atoms with Crippen LogP contribution in [0.3, 0.4) is 0 Å². The molecule has 24 heavy (non-hydrogen) atoms. The van der Waals surface area contributed by atoms with Gasteiger partial charge in [-0.1, -0.05) is 19.9 Å². The van der Waals surface area contributed by atoms with E-state index >= 15 is 0 Å². The first-order valence-electron chi connectivity index (χ1n) is 8.77.